The maximum absolute atomic E-state index is 3.30. The van der Waals surface area contributed by atoms with Gasteiger partial charge in [0.15, 0.2) is 0 Å². The average molecular weight is 639 g/mol. The summed E-state index contributed by atoms with van der Waals surface area (Å²) >= 11 is 0. The molecule has 0 saturated heterocycles. The first-order valence-corrected chi connectivity index (χ1v) is 12.5. The molecular formula is C28H25Cl2HfSi. The van der Waals surface area contributed by atoms with E-state index in [1.54, 1.807) is 0 Å². The standard InChI is InChI=1S/2C13H9.C2H7Si.2ClH.Hf/c2*1-3-7-12-10(5-1)9-11-6-2-4-8-13(11)12;1-3-2;;;/h2*1-5,7-8H,9H2;3H,1-2H3;2*1H;/q2*-1;;;;+4/p-2. The van der Waals surface area contributed by atoms with Crippen molar-refractivity contribution < 1.29 is 50.7 Å². The number of hydrogen-bond donors (Lipinski definition) is 0. The number of fused-ring (bicyclic) bond motifs is 6. The number of hydrogen-bond acceptors (Lipinski definition) is 0. The van der Waals surface area contributed by atoms with E-state index in [1.165, 1.54) is 44.5 Å². The molecule has 4 heteroatoms. The second kappa shape index (κ2) is 13.9. The van der Waals surface area contributed by atoms with Gasteiger partial charge in [0, 0.05) is 9.52 Å². The van der Waals surface area contributed by atoms with Crippen LogP contribution in [0.1, 0.15) is 22.3 Å². The minimum Gasteiger partial charge on any atom is -1.00 e. The fourth-order valence-corrected chi connectivity index (χ4v) is 4.00. The predicted molar refractivity (Wildman–Crippen MR) is 126 cm³/mol. The minimum absolute atomic E-state index is 0. The summed E-state index contributed by atoms with van der Waals surface area (Å²) in [6.45, 7) is 4.42. The van der Waals surface area contributed by atoms with Crippen molar-refractivity contribution in [2.24, 2.45) is 0 Å². The topological polar surface area (TPSA) is 0 Å². The van der Waals surface area contributed by atoms with Crippen LogP contribution in [0.15, 0.2) is 84.9 Å². The Kier molecular flexibility index (Phi) is 12.5. The Balaban J connectivity index is 0.000000264. The molecule has 0 N–H and O–H groups in total. The molecule has 0 amide bonds. The third kappa shape index (κ3) is 6.32. The summed E-state index contributed by atoms with van der Waals surface area (Å²) in [6.07, 6.45) is 2.10. The molecule has 4 aromatic carbocycles. The molecule has 6 rings (SSSR count). The van der Waals surface area contributed by atoms with E-state index in [4.69, 9.17) is 0 Å². The first kappa shape index (κ1) is 28.6. The molecule has 0 bridgehead atoms. The summed E-state index contributed by atoms with van der Waals surface area (Å²) in [5.41, 5.74) is 11.0. The maximum Gasteiger partial charge on any atom is 4.00 e. The van der Waals surface area contributed by atoms with Crippen molar-refractivity contribution >= 4 is 9.52 Å². The van der Waals surface area contributed by atoms with Crippen molar-refractivity contribution in [2.75, 3.05) is 0 Å². The van der Waals surface area contributed by atoms with Gasteiger partial charge in [-0.05, 0) is 12.8 Å². The number of benzene rings is 4. The van der Waals surface area contributed by atoms with E-state index in [-0.39, 0.29) is 50.7 Å². The molecule has 2 aliphatic rings. The zero-order valence-electron chi connectivity index (χ0n) is 18.3. The Morgan fingerprint density at radius 2 is 0.906 bits per heavy atom. The molecular weight excluding hydrogens is 614 g/mol. The summed E-state index contributed by atoms with van der Waals surface area (Å²) in [7, 11) is 0.750. The molecule has 2 aliphatic carbocycles. The van der Waals surface area contributed by atoms with Crippen molar-refractivity contribution in [1.82, 2.24) is 0 Å². The molecule has 0 aromatic heterocycles. The summed E-state index contributed by atoms with van der Waals surface area (Å²) in [6, 6.07) is 36.2. The normalized spacial score (nSPS) is 10.6. The Morgan fingerprint density at radius 3 is 1.31 bits per heavy atom. The van der Waals surface area contributed by atoms with Crippen molar-refractivity contribution in [3.05, 3.63) is 119 Å². The molecule has 1 radical (unpaired) electrons. The third-order valence-corrected chi connectivity index (χ3v) is 5.23. The molecule has 0 atom stereocenters. The summed E-state index contributed by atoms with van der Waals surface area (Å²) in [5.74, 6) is 0. The van der Waals surface area contributed by atoms with E-state index in [1.807, 2.05) is 12.1 Å². The quantitative estimate of drug-likeness (QED) is 0.169. The smallest absolute Gasteiger partial charge is 1.00 e. The van der Waals surface area contributed by atoms with Crippen LogP contribution < -0.4 is 24.8 Å². The van der Waals surface area contributed by atoms with Gasteiger partial charge in [-0.15, -0.1) is 11.1 Å². The van der Waals surface area contributed by atoms with Gasteiger partial charge in [-0.25, -0.2) is 0 Å². The molecule has 0 heterocycles. The predicted octanol–water partition coefficient (Wildman–Crippen LogP) is 0.641. The van der Waals surface area contributed by atoms with Crippen LogP contribution in [0, 0.1) is 12.1 Å². The minimum atomic E-state index is 0. The van der Waals surface area contributed by atoms with Gasteiger partial charge >= 0.3 is 25.8 Å². The SMILES string of the molecule is C[SiH]C.[Cl-].[Cl-].[Hf+4].[c-]1cccc2c1Cc1ccccc1-2.[c-]1cccc2c1Cc1ccccc1-2. The largest absolute Gasteiger partial charge is 4.00 e. The Morgan fingerprint density at radius 1 is 0.562 bits per heavy atom. The molecule has 159 valence electrons. The van der Waals surface area contributed by atoms with Gasteiger partial charge in [0.2, 0.25) is 0 Å². The Hall–Kier alpha value is -1.45. The van der Waals surface area contributed by atoms with E-state index in [0.717, 1.165) is 22.4 Å². The van der Waals surface area contributed by atoms with Crippen molar-refractivity contribution in [2.45, 2.75) is 25.9 Å². The molecule has 0 fully saturated rings. The van der Waals surface area contributed by atoms with Gasteiger partial charge in [-0.1, -0.05) is 83.9 Å². The van der Waals surface area contributed by atoms with E-state index in [2.05, 4.69) is 98.0 Å². The van der Waals surface area contributed by atoms with Crippen molar-refractivity contribution in [3.8, 4) is 22.3 Å². The Bertz CT molecular complexity index is 951. The monoisotopic (exact) mass is 639 g/mol. The van der Waals surface area contributed by atoms with Gasteiger partial charge in [-0.2, -0.15) is 59.7 Å². The number of halogens is 2. The van der Waals surface area contributed by atoms with Crippen LogP contribution >= 0.6 is 0 Å². The van der Waals surface area contributed by atoms with E-state index >= 15 is 0 Å². The average Bonchev–Trinajstić information content (AvgIpc) is 3.33. The van der Waals surface area contributed by atoms with Crippen LogP contribution in [0.4, 0.5) is 0 Å². The van der Waals surface area contributed by atoms with Gasteiger partial charge in [0.1, 0.15) is 0 Å². The molecule has 0 aliphatic heterocycles. The first-order chi connectivity index (χ1) is 14.3. The van der Waals surface area contributed by atoms with Crippen LogP contribution in [-0.4, -0.2) is 9.52 Å². The Labute approximate surface area is 226 Å². The fourth-order valence-electron chi connectivity index (χ4n) is 4.00. The summed E-state index contributed by atoms with van der Waals surface area (Å²) < 4.78 is 0. The van der Waals surface area contributed by atoms with E-state index < -0.39 is 0 Å². The zero-order valence-corrected chi connectivity index (χ0v) is 24.6. The molecule has 0 saturated carbocycles. The third-order valence-electron chi connectivity index (χ3n) is 5.23. The first-order valence-electron chi connectivity index (χ1n) is 10.2. The second-order valence-corrected chi connectivity index (χ2v) is 8.52. The summed E-state index contributed by atoms with van der Waals surface area (Å²) in [4.78, 5) is 0. The molecule has 0 unspecified atom stereocenters. The van der Waals surface area contributed by atoms with Gasteiger partial charge in [-0.3, -0.25) is 0 Å². The molecule has 32 heavy (non-hydrogen) atoms. The molecule has 0 nitrogen and oxygen atoms in total. The van der Waals surface area contributed by atoms with E-state index in [0.29, 0.717) is 0 Å². The fraction of sp³-hybridized carbons (Fsp3) is 0.143. The van der Waals surface area contributed by atoms with Crippen molar-refractivity contribution in [1.29, 1.82) is 0 Å². The second-order valence-electron chi connectivity index (χ2n) is 7.37. The van der Waals surface area contributed by atoms with Gasteiger partial charge < -0.3 is 24.8 Å². The van der Waals surface area contributed by atoms with Crippen LogP contribution in [-0.2, 0) is 38.7 Å². The maximum atomic E-state index is 3.30. The summed E-state index contributed by atoms with van der Waals surface area (Å²) in [5, 5.41) is 0. The molecule has 4 aromatic rings. The van der Waals surface area contributed by atoms with Gasteiger partial charge in [0.25, 0.3) is 0 Å². The number of rotatable bonds is 0. The van der Waals surface area contributed by atoms with Crippen LogP contribution in [0.3, 0.4) is 0 Å². The van der Waals surface area contributed by atoms with Crippen LogP contribution in [0.25, 0.3) is 22.3 Å². The zero-order chi connectivity index (χ0) is 20.1. The van der Waals surface area contributed by atoms with Crippen molar-refractivity contribution in [3.63, 3.8) is 0 Å². The van der Waals surface area contributed by atoms with Crippen LogP contribution in [0.5, 0.6) is 0 Å². The van der Waals surface area contributed by atoms with Crippen LogP contribution in [0.2, 0.25) is 13.1 Å². The molecule has 0 spiro atoms. The van der Waals surface area contributed by atoms with E-state index in [9.17, 15) is 0 Å². The van der Waals surface area contributed by atoms with Gasteiger partial charge in [0.05, 0.1) is 0 Å².